The Morgan fingerprint density at radius 1 is 1.44 bits per heavy atom. The van der Waals surface area contributed by atoms with Crippen LogP contribution in [0.1, 0.15) is 5.56 Å². The molecule has 2 aromatic rings. The predicted octanol–water partition coefficient (Wildman–Crippen LogP) is 2.19. The molecular weight excluding hydrogens is 226 g/mol. The summed E-state index contributed by atoms with van der Waals surface area (Å²) in [4.78, 5) is 13.5. The average Bonchev–Trinajstić information content (AvgIpc) is 2.60. The molecule has 0 saturated carbocycles. The van der Waals surface area contributed by atoms with Crippen LogP contribution < -0.4 is 0 Å². The highest BCUT2D eigenvalue weighted by Crippen LogP contribution is 2.25. The molecule has 4 nitrogen and oxygen atoms in total. The molecule has 1 aromatic heterocycles. The number of fused-ring (bicyclic) bond motifs is 1. The van der Waals surface area contributed by atoms with Crippen LogP contribution in [0.25, 0.3) is 10.9 Å². The van der Waals surface area contributed by atoms with Crippen LogP contribution >= 0.6 is 11.8 Å². The first-order valence-corrected chi connectivity index (χ1v) is 5.91. The van der Waals surface area contributed by atoms with E-state index in [0.717, 1.165) is 16.5 Å². The number of benzene rings is 1. The van der Waals surface area contributed by atoms with Crippen LogP contribution in [0.2, 0.25) is 0 Å². The summed E-state index contributed by atoms with van der Waals surface area (Å²) < 4.78 is 0. The molecule has 0 amide bonds. The molecule has 0 aliphatic rings. The number of phenolic OH excluding ortho intramolecular Hbond substituents is 1. The van der Waals surface area contributed by atoms with Gasteiger partial charge in [0, 0.05) is 22.9 Å². The second-order valence-electron chi connectivity index (χ2n) is 3.43. The van der Waals surface area contributed by atoms with Crippen molar-refractivity contribution in [2.24, 2.45) is 0 Å². The van der Waals surface area contributed by atoms with E-state index in [1.807, 2.05) is 6.20 Å². The summed E-state index contributed by atoms with van der Waals surface area (Å²) in [7, 11) is 0. The van der Waals surface area contributed by atoms with Gasteiger partial charge in [0.25, 0.3) is 0 Å². The molecule has 2 rings (SSSR count). The maximum Gasteiger partial charge on any atom is 0.313 e. The fraction of sp³-hybridized carbons (Fsp3) is 0.182. The number of aromatic amines is 1. The molecule has 0 aliphatic heterocycles. The number of H-pyrrole nitrogens is 1. The molecule has 1 heterocycles. The number of aliphatic carboxylic acids is 1. The lowest BCUT2D eigenvalue weighted by atomic mass is 10.2. The van der Waals surface area contributed by atoms with Crippen molar-refractivity contribution in [3.05, 3.63) is 30.0 Å². The van der Waals surface area contributed by atoms with Gasteiger partial charge in [-0.25, -0.2) is 0 Å². The van der Waals surface area contributed by atoms with Crippen LogP contribution in [0, 0.1) is 0 Å². The molecule has 3 N–H and O–H groups in total. The van der Waals surface area contributed by atoms with Crippen LogP contribution in [0.4, 0.5) is 0 Å². The van der Waals surface area contributed by atoms with Crippen molar-refractivity contribution in [1.29, 1.82) is 0 Å². The van der Waals surface area contributed by atoms with Crippen molar-refractivity contribution in [3.63, 3.8) is 0 Å². The topological polar surface area (TPSA) is 73.3 Å². The molecule has 0 unspecified atom stereocenters. The van der Waals surface area contributed by atoms with Crippen molar-refractivity contribution >= 4 is 28.6 Å². The van der Waals surface area contributed by atoms with Gasteiger partial charge < -0.3 is 15.2 Å². The van der Waals surface area contributed by atoms with Gasteiger partial charge in [-0.3, -0.25) is 4.79 Å². The van der Waals surface area contributed by atoms with E-state index in [1.165, 1.54) is 11.8 Å². The number of carboxylic acids is 1. The molecule has 0 bridgehead atoms. The van der Waals surface area contributed by atoms with E-state index in [-0.39, 0.29) is 11.5 Å². The Morgan fingerprint density at radius 3 is 3.00 bits per heavy atom. The molecule has 16 heavy (non-hydrogen) atoms. The van der Waals surface area contributed by atoms with Gasteiger partial charge in [0.1, 0.15) is 5.75 Å². The molecule has 0 spiro atoms. The Bertz CT molecular complexity index is 521. The third-order valence-electron chi connectivity index (χ3n) is 2.23. The first-order chi connectivity index (χ1) is 7.66. The zero-order valence-corrected chi connectivity index (χ0v) is 9.25. The van der Waals surface area contributed by atoms with E-state index in [2.05, 4.69) is 4.98 Å². The number of rotatable bonds is 4. The standard InChI is InChI=1S/C11H11NO3S/c13-8-1-2-10-9(3-8)7(4-12-10)5-16-6-11(14)15/h1-4,12-13H,5-6H2,(H,14,15). The molecule has 0 atom stereocenters. The number of thioether (sulfide) groups is 1. The van der Waals surface area contributed by atoms with Gasteiger partial charge in [0.05, 0.1) is 5.75 Å². The van der Waals surface area contributed by atoms with Crippen LogP contribution in [0.15, 0.2) is 24.4 Å². The van der Waals surface area contributed by atoms with Gasteiger partial charge >= 0.3 is 5.97 Å². The molecular formula is C11H11NO3S. The van der Waals surface area contributed by atoms with Crippen LogP contribution in [0.5, 0.6) is 5.75 Å². The fourth-order valence-electron chi connectivity index (χ4n) is 1.53. The zero-order chi connectivity index (χ0) is 11.5. The van der Waals surface area contributed by atoms with E-state index in [0.29, 0.717) is 5.75 Å². The molecule has 0 fully saturated rings. The summed E-state index contributed by atoms with van der Waals surface area (Å²) in [5.74, 6) is 0.116. The number of aromatic nitrogens is 1. The lowest BCUT2D eigenvalue weighted by molar-refractivity contribution is -0.133. The second kappa shape index (κ2) is 4.49. The maximum absolute atomic E-state index is 10.4. The normalized spacial score (nSPS) is 10.8. The highest BCUT2D eigenvalue weighted by Gasteiger charge is 2.05. The summed E-state index contributed by atoms with van der Waals surface area (Å²) in [5, 5.41) is 18.8. The Hall–Kier alpha value is -1.62. The third-order valence-corrected chi connectivity index (χ3v) is 3.20. The Morgan fingerprint density at radius 2 is 2.25 bits per heavy atom. The van der Waals surface area contributed by atoms with Gasteiger partial charge in [0.2, 0.25) is 0 Å². The highest BCUT2D eigenvalue weighted by molar-refractivity contribution is 7.99. The minimum atomic E-state index is -0.812. The quantitative estimate of drug-likeness (QED) is 0.762. The number of nitrogens with one attached hydrogen (secondary N) is 1. The number of hydrogen-bond acceptors (Lipinski definition) is 3. The number of phenols is 1. The maximum atomic E-state index is 10.4. The van der Waals surface area contributed by atoms with Crippen LogP contribution in [-0.2, 0) is 10.5 Å². The molecule has 0 saturated heterocycles. The minimum Gasteiger partial charge on any atom is -0.508 e. The molecule has 84 valence electrons. The lowest BCUT2D eigenvalue weighted by Gasteiger charge is -1.98. The average molecular weight is 237 g/mol. The summed E-state index contributed by atoms with van der Waals surface area (Å²) in [6.07, 6.45) is 1.85. The predicted molar refractivity (Wildman–Crippen MR) is 63.8 cm³/mol. The first-order valence-electron chi connectivity index (χ1n) is 4.75. The molecule has 5 heteroatoms. The fourth-order valence-corrected chi connectivity index (χ4v) is 2.27. The van der Waals surface area contributed by atoms with Gasteiger partial charge in [-0.2, -0.15) is 0 Å². The Balaban J connectivity index is 2.17. The molecule has 0 radical (unpaired) electrons. The number of hydrogen-bond donors (Lipinski definition) is 3. The Labute approximate surface area is 96.3 Å². The Kier molecular flexibility index (Phi) is 3.05. The van der Waals surface area contributed by atoms with Crippen molar-refractivity contribution in [1.82, 2.24) is 4.98 Å². The number of carbonyl (C=O) groups is 1. The van der Waals surface area contributed by atoms with Crippen molar-refractivity contribution in [3.8, 4) is 5.75 Å². The van der Waals surface area contributed by atoms with Gasteiger partial charge in [-0.1, -0.05) is 0 Å². The lowest BCUT2D eigenvalue weighted by Crippen LogP contribution is -1.97. The summed E-state index contributed by atoms with van der Waals surface area (Å²) in [6.45, 7) is 0. The largest absolute Gasteiger partial charge is 0.508 e. The van der Waals surface area contributed by atoms with E-state index < -0.39 is 5.97 Å². The van der Waals surface area contributed by atoms with Gasteiger partial charge in [-0.15, -0.1) is 11.8 Å². The zero-order valence-electron chi connectivity index (χ0n) is 8.43. The van der Waals surface area contributed by atoms with Crippen LogP contribution in [0.3, 0.4) is 0 Å². The summed E-state index contributed by atoms with van der Waals surface area (Å²) >= 11 is 1.34. The first kappa shape index (κ1) is 10.9. The molecule has 1 aromatic carbocycles. The van der Waals surface area contributed by atoms with Crippen LogP contribution in [-0.4, -0.2) is 26.9 Å². The highest BCUT2D eigenvalue weighted by atomic mass is 32.2. The summed E-state index contributed by atoms with van der Waals surface area (Å²) in [6, 6.07) is 5.10. The third kappa shape index (κ3) is 2.30. The minimum absolute atomic E-state index is 0.0888. The monoisotopic (exact) mass is 237 g/mol. The number of carboxylic acid groups (broad SMARTS) is 1. The second-order valence-corrected chi connectivity index (χ2v) is 4.42. The van der Waals surface area contributed by atoms with E-state index in [9.17, 15) is 9.90 Å². The van der Waals surface area contributed by atoms with Gasteiger partial charge in [0.15, 0.2) is 0 Å². The van der Waals surface area contributed by atoms with Crippen molar-refractivity contribution in [2.45, 2.75) is 5.75 Å². The number of aromatic hydroxyl groups is 1. The van der Waals surface area contributed by atoms with Gasteiger partial charge in [-0.05, 0) is 23.8 Å². The summed E-state index contributed by atoms with van der Waals surface area (Å²) in [5.41, 5.74) is 1.96. The smallest absolute Gasteiger partial charge is 0.313 e. The SMILES string of the molecule is O=C(O)CSCc1c[nH]c2ccc(O)cc12. The van der Waals surface area contributed by atoms with E-state index in [4.69, 9.17) is 5.11 Å². The van der Waals surface area contributed by atoms with E-state index >= 15 is 0 Å². The van der Waals surface area contributed by atoms with E-state index in [1.54, 1.807) is 18.2 Å². The van der Waals surface area contributed by atoms with Crippen molar-refractivity contribution < 1.29 is 15.0 Å². The van der Waals surface area contributed by atoms with Crippen molar-refractivity contribution in [2.75, 3.05) is 5.75 Å². The molecule has 0 aliphatic carbocycles.